The zero-order valence-electron chi connectivity index (χ0n) is 16.3. The number of aromatic nitrogens is 2. The summed E-state index contributed by atoms with van der Waals surface area (Å²) in [6, 6.07) is 8.29. The maximum atomic E-state index is 6.09. The van der Waals surface area contributed by atoms with Crippen molar-refractivity contribution >= 4 is 29.9 Å². The molecule has 0 fully saturated rings. The SMILES string of the molecule is CCc1nc(CCNC(=NC)NC2CC(C)(C)Oc3ccccc32)no1.I. The van der Waals surface area contributed by atoms with Gasteiger partial charge >= 0.3 is 0 Å². The molecule has 8 heteroatoms. The van der Waals surface area contributed by atoms with Crippen LogP contribution in [0.1, 0.15) is 50.5 Å². The third-order valence-corrected chi connectivity index (χ3v) is 4.36. The number of halogens is 1. The van der Waals surface area contributed by atoms with Gasteiger partial charge in [-0.05, 0) is 19.9 Å². The average Bonchev–Trinajstić information content (AvgIpc) is 3.07. The maximum absolute atomic E-state index is 6.09. The van der Waals surface area contributed by atoms with Crippen molar-refractivity contribution in [3.05, 3.63) is 41.5 Å². The summed E-state index contributed by atoms with van der Waals surface area (Å²) >= 11 is 0. The van der Waals surface area contributed by atoms with Gasteiger partial charge in [-0.15, -0.1) is 24.0 Å². The number of nitrogens with one attached hydrogen (secondary N) is 2. The Morgan fingerprint density at radius 2 is 2.11 bits per heavy atom. The molecule has 1 unspecified atom stereocenters. The van der Waals surface area contributed by atoms with Crippen LogP contribution in [-0.2, 0) is 12.8 Å². The minimum absolute atomic E-state index is 0. The van der Waals surface area contributed by atoms with Gasteiger partial charge in [-0.2, -0.15) is 4.98 Å². The van der Waals surface area contributed by atoms with Crippen LogP contribution in [0.3, 0.4) is 0 Å². The maximum Gasteiger partial charge on any atom is 0.226 e. The number of rotatable bonds is 5. The molecule has 3 rings (SSSR count). The van der Waals surface area contributed by atoms with E-state index < -0.39 is 0 Å². The number of benzene rings is 1. The van der Waals surface area contributed by atoms with Crippen molar-refractivity contribution < 1.29 is 9.26 Å². The van der Waals surface area contributed by atoms with Crippen molar-refractivity contribution in [2.24, 2.45) is 4.99 Å². The van der Waals surface area contributed by atoms with Crippen molar-refractivity contribution in [2.45, 2.75) is 51.7 Å². The molecule has 1 aliphatic rings. The molecule has 1 aliphatic heterocycles. The number of fused-ring (bicyclic) bond motifs is 1. The van der Waals surface area contributed by atoms with Gasteiger partial charge in [-0.25, -0.2) is 0 Å². The van der Waals surface area contributed by atoms with E-state index in [-0.39, 0.29) is 35.6 Å². The number of aliphatic imine (C=N–C) groups is 1. The van der Waals surface area contributed by atoms with Gasteiger partial charge in [0.15, 0.2) is 11.8 Å². The molecule has 1 atom stereocenters. The summed E-state index contributed by atoms with van der Waals surface area (Å²) in [5.74, 6) is 3.06. The van der Waals surface area contributed by atoms with Crippen LogP contribution in [-0.4, -0.2) is 35.3 Å². The van der Waals surface area contributed by atoms with Crippen LogP contribution in [0.5, 0.6) is 5.75 Å². The molecule has 2 heterocycles. The molecule has 2 aromatic rings. The smallest absolute Gasteiger partial charge is 0.226 e. The fourth-order valence-corrected chi connectivity index (χ4v) is 3.12. The van der Waals surface area contributed by atoms with Crippen LogP contribution in [0.4, 0.5) is 0 Å². The Hall–Kier alpha value is -1.84. The topological polar surface area (TPSA) is 84.6 Å². The van der Waals surface area contributed by atoms with Gasteiger partial charge in [-0.3, -0.25) is 4.99 Å². The van der Waals surface area contributed by atoms with Gasteiger partial charge in [0.2, 0.25) is 5.89 Å². The Morgan fingerprint density at radius 3 is 2.81 bits per heavy atom. The molecule has 0 amide bonds. The normalized spacial score (nSPS) is 18.1. The predicted octanol–water partition coefficient (Wildman–Crippen LogP) is 3.26. The summed E-state index contributed by atoms with van der Waals surface area (Å²) in [4.78, 5) is 8.67. The first-order chi connectivity index (χ1) is 12.5. The Morgan fingerprint density at radius 1 is 1.33 bits per heavy atom. The highest BCUT2D eigenvalue weighted by molar-refractivity contribution is 14.0. The molecule has 0 spiro atoms. The summed E-state index contributed by atoms with van der Waals surface area (Å²) in [5.41, 5.74) is 0.923. The van der Waals surface area contributed by atoms with E-state index in [1.54, 1.807) is 7.05 Å². The molecular formula is C19H28IN5O2. The first kappa shape index (κ1) is 21.5. The molecule has 7 nitrogen and oxygen atoms in total. The number of hydrogen-bond acceptors (Lipinski definition) is 5. The highest BCUT2D eigenvalue weighted by atomic mass is 127. The van der Waals surface area contributed by atoms with Crippen LogP contribution in [0.15, 0.2) is 33.8 Å². The van der Waals surface area contributed by atoms with E-state index >= 15 is 0 Å². The molecule has 148 valence electrons. The Labute approximate surface area is 177 Å². The molecule has 0 saturated heterocycles. The number of para-hydroxylation sites is 1. The molecule has 0 bridgehead atoms. The lowest BCUT2D eigenvalue weighted by molar-refractivity contribution is 0.0694. The quantitative estimate of drug-likeness (QED) is 0.384. The van der Waals surface area contributed by atoms with Crippen molar-refractivity contribution in [3.8, 4) is 5.75 Å². The molecule has 27 heavy (non-hydrogen) atoms. The van der Waals surface area contributed by atoms with Gasteiger partial charge in [0, 0.05) is 38.4 Å². The summed E-state index contributed by atoms with van der Waals surface area (Å²) < 4.78 is 11.2. The van der Waals surface area contributed by atoms with Gasteiger partial charge in [0.25, 0.3) is 0 Å². The van der Waals surface area contributed by atoms with Gasteiger partial charge < -0.3 is 19.9 Å². The number of guanidine groups is 1. The molecule has 1 aromatic heterocycles. The van der Waals surface area contributed by atoms with E-state index in [0.29, 0.717) is 24.7 Å². The fraction of sp³-hybridized carbons (Fsp3) is 0.526. The van der Waals surface area contributed by atoms with Gasteiger partial charge in [0.1, 0.15) is 11.4 Å². The molecule has 1 aromatic carbocycles. The van der Waals surface area contributed by atoms with Crippen molar-refractivity contribution in [3.63, 3.8) is 0 Å². The zero-order valence-corrected chi connectivity index (χ0v) is 18.6. The summed E-state index contributed by atoms with van der Waals surface area (Å²) in [7, 11) is 1.77. The molecule has 0 radical (unpaired) electrons. The van der Waals surface area contributed by atoms with Crippen molar-refractivity contribution in [1.82, 2.24) is 20.8 Å². The van der Waals surface area contributed by atoms with E-state index in [9.17, 15) is 0 Å². The molecular weight excluding hydrogens is 457 g/mol. The number of hydrogen-bond donors (Lipinski definition) is 2. The first-order valence-electron chi connectivity index (χ1n) is 9.07. The first-order valence-corrected chi connectivity index (χ1v) is 9.07. The monoisotopic (exact) mass is 485 g/mol. The lowest BCUT2D eigenvalue weighted by Crippen LogP contribution is -2.45. The number of aryl methyl sites for hydroxylation is 1. The molecule has 0 saturated carbocycles. The van der Waals surface area contributed by atoms with E-state index in [0.717, 1.165) is 30.1 Å². The highest BCUT2D eigenvalue weighted by Gasteiger charge is 2.33. The lowest BCUT2D eigenvalue weighted by Gasteiger charge is -2.38. The Balaban J connectivity index is 0.00000261. The van der Waals surface area contributed by atoms with Crippen LogP contribution in [0, 0.1) is 0 Å². The summed E-state index contributed by atoms with van der Waals surface area (Å²) in [6.07, 6.45) is 2.29. The average molecular weight is 485 g/mol. The van der Waals surface area contributed by atoms with Crippen LogP contribution in [0.25, 0.3) is 0 Å². The summed E-state index contributed by atoms with van der Waals surface area (Å²) in [6.45, 7) is 6.88. The van der Waals surface area contributed by atoms with Crippen molar-refractivity contribution in [2.75, 3.05) is 13.6 Å². The van der Waals surface area contributed by atoms with Crippen LogP contribution < -0.4 is 15.4 Å². The minimum atomic E-state index is -0.230. The lowest BCUT2D eigenvalue weighted by atomic mass is 9.90. The standard InChI is InChI=1S/C19H27N5O2.HI/c1-5-17-23-16(24-26-17)10-11-21-18(20-4)22-14-12-19(2,3)25-15-9-7-6-8-13(14)15;/h6-9,14H,5,10-12H2,1-4H3,(H2,20,21,22);1H. The van der Waals surface area contributed by atoms with Crippen molar-refractivity contribution in [1.29, 1.82) is 0 Å². The molecule has 2 N–H and O–H groups in total. The van der Waals surface area contributed by atoms with E-state index in [1.807, 2.05) is 25.1 Å². The van der Waals surface area contributed by atoms with E-state index in [2.05, 4.69) is 45.7 Å². The second kappa shape index (κ2) is 9.38. The fourth-order valence-electron chi connectivity index (χ4n) is 3.12. The zero-order chi connectivity index (χ0) is 18.6. The van der Waals surface area contributed by atoms with E-state index in [1.165, 1.54) is 0 Å². The number of nitrogens with zero attached hydrogens (tertiary/aromatic N) is 3. The van der Waals surface area contributed by atoms with Gasteiger partial charge in [-0.1, -0.05) is 30.3 Å². The Bertz CT molecular complexity index is 775. The van der Waals surface area contributed by atoms with Crippen LogP contribution >= 0.6 is 24.0 Å². The van der Waals surface area contributed by atoms with Crippen LogP contribution in [0.2, 0.25) is 0 Å². The highest BCUT2D eigenvalue weighted by Crippen LogP contribution is 2.39. The second-order valence-electron chi connectivity index (χ2n) is 7.01. The second-order valence-corrected chi connectivity index (χ2v) is 7.01. The van der Waals surface area contributed by atoms with E-state index in [4.69, 9.17) is 9.26 Å². The summed E-state index contributed by atoms with van der Waals surface area (Å²) in [5, 5.41) is 10.8. The van der Waals surface area contributed by atoms with Gasteiger partial charge in [0.05, 0.1) is 6.04 Å². The minimum Gasteiger partial charge on any atom is -0.487 e. The third-order valence-electron chi connectivity index (χ3n) is 4.36. The number of ether oxygens (including phenoxy) is 1. The Kier molecular flexibility index (Phi) is 7.46. The largest absolute Gasteiger partial charge is 0.487 e. The molecule has 0 aliphatic carbocycles. The predicted molar refractivity (Wildman–Crippen MR) is 116 cm³/mol. The third kappa shape index (κ3) is 5.57.